The van der Waals surface area contributed by atoms with Gasteiger partial charge in [-0.2, -0.15) is 0 Å². The number of fused-ring (bicyclic) bond motifs is 1. The number of amides is 2. The van der Waals surface area contributed by atoms with E-state index in [0.29, 0.717) is 30.8 Å². The molecule has 8 nitrogen and oxygen atoms in total. The highest BCUT2D eigenvalue weighted by Crippen LogP contribution is 2.33. The smallest absolute Gasteiger partial charge is 0.242 e. The molecular formula is C24H25N5O3. The van der Waals surface area contributed by atoms with Gasteiger partial charge in [-0.05, 0) is 49.6 Å². The van der Waals surface area contributed by atoms with Gasteiger partial charge in [-0.15, -0.1) is 0 Å². The van der Waals surface area contributed by atoms with Crippen LogP contribution in [0.3, 0.4) is 0 Å². The molecule has 0 bridgehead atoms. The van der Waals surface area contributed by atoms with E-state index in [0.717, 1.165) is 35.2 Å². The SMILES string of the molecule is Cc1ccc2c(N3CCC(NC(=O)[C@H]4CCC(=O)N4)C3)nc(-c3ccccc3O)nc2c1. The lowest BCUT2D eigenvalue weighted by Crippen LogP contribution is -2.46. The van der Waals surface area contributed by atoms with E-state index in [1.165, 1.54) is 0 Å². The summed E-state index contributed by atoms with van der Waals surface area (Å²) in [6, 6.07) is 12.7. The molecule has 2 amide bonds. The van der Waals surface area contributed by atoms with Crippen LogP contribution in [-0.2, 0) is 9.59 Å². The molecule has 3 heterocycles. The van der Waals surface area contributed by atoms with Crippen molar-refractivity contribution >= 4 is 28.5 Å². The Bertz CT molecular complexity index is 1210. The second-order valence-corrected chi connectivity index (χ2v) is 8.51. The maximum absolute atomic E-state index is 12.5. The van der Waals surface area contributed by atoms with Crippen LogP contribution >= 0.6 is 0 Å². The van der Waals surface area contributed by atoms with E-state index in [-0.39, 0.29) is 23.6 Å². The van der Waals surface area contributed by atoms with Crippen LogP contribution < -0.4 is 15.5 Å². The third kappa shape index (κ3) is 3.84. The number of anilines is 1. The minimum atomic E-state index is -0.438. The highest BCUT2D eigenvalue weighted by molar-refractivity contribution is 5.93. The highest BCUT2D eigenvalue weighted by atomic mass is 16.3. The summed E-state index contributed by atoms with van der Waals surface area (Å²) in [6.07, 6.45) is 1.73. The fourth-order valence-electron chi connectivity index (χ4n) is 4.43. The third-order valence-electron chi connectivity index (χ3n) is 6.12. The van der Waals surface area contributed by atoms with Crippen LogP contribution in [0.4, 0.5) is 5.82 Å². The minimum Gasteiger partial charge on any atom is -0.507 e. The van der Waals surface area contributed by atoms with Crippen molar-refractivity contribution in [1.82, 2.24) is 20.6 Å². The van der Waals surface area contributed by atoms with Gasteiger partial charge in [0.2, 0.25) is 11.8 Å². The van der Waals surface area contributed by atoms with E-state index in [1.54, 1.807) is 18.2 Å². The molecule has 8 heteroatoms. The highest BCUT2D eigenvalue weighted by Gasteiger charge is 2.32. The van der Waals surface area contributed by atoms with Gasteiger partial charge < -0.3 is 20.6 Å². The number of aryl methyl sites for hydroxylation is 1. The minimum absolute atomic E-state index is 0.0240. The summed E-state index contributed by atoms with van der Waals surface area (Å²) in [7, 11) is 0. The standard InChI is InChI=1S/C24H25N5O3/c1-14-6-7-16-19(12-14)27-22(17-4-2-3-5-20(17)30)28-23(16)29-11-10-15(13-29)25-24(32)18-8-9-21(31)26-18/h2-7,12,15,18,30H,8-11,13H2,1H3,(H,25,32)(H,26,31)/t15?,18-/m1/s1. The topological polar surface area (TPSA) is 107 Å². The van der Waals surface area contributed by atoms with Crippen LogP contribution in [0.25, 0.3) is 22.3 Å². The number of aromatic hydroxyl groups is 1. The third-order valence-corrected chi connectivity index (χ3v) is 6.12. The van der Waals surface area contributed by atoms with E-state index in [4.69, 9.17) is 9.97 Å². The van der Waals surface area contributed by atoms with Crippen molar-refractivity contribution in [2.24, 2.45) is 0 Å². The number of hydrogen-bond acceptors (Lipinski definition) is 6. The molecule has 0 saturated carbocycles. The number of aromatic nitrogens is 2. The number of rotatable bonds is 4. The van der Waals surface area contributed by atoms with Crippen LogP contribution in [0.15, 0.2) is 42.5 Å². The van der Waals surface area contributed by atoms with Gasteiger partial charge in [0, 0.05) is 30.9 Å². The Labute approximate surface area is 185 Å². The molecule has 5 rings (SSSR count). The zero-order chi connectivity index (χ0) is 22.2. The summed E-state index contributed by atoms with van der Waals surface area (Å²) >= 11 is 0. The van der Waals surface area contributed by atoms with Crippen LogP contribution in [0.5, 0.6) is 5.75 Å². The van der Waals surface area contributed by atoms with Crippen molar-refractivity contribution in [3.05, 3.63) is 48.0 Å². The van der Waals surface area contributed by atoms with Crippen LogP contribution in [0, 0.1) is 6.92 Å². The first-order chi connectivity index (χ1) is 15.5. The molecule has 2 aliphatic rings. The fourth-order valence-corrected chi connectivity index (χ4v) is 4.43. The summed E-state index contributed by atoms with van der Waals surface area (Å²) in [6.45, 7) is 3.37. The molecule has 0 aliphatic carbocycles. The quantitative estimate of drug-likeness (QED) is 0.585. The van der Waals surface area contributed by atoms with Crippen molar-refractivity contribution in [2.75, 3.05) is 18.0 Å². The molecule has 164 valence electrons. The first-order valence-electron chi connectivity index (χ1n) is 10.9. The largest absolute Gasteiger partial charge is 0.507 e. The average molecular weight is 431 g/mol. The van der Waals surface area contributed by atoms with E-state index >= 15 is 0 Å². The number of phenolic OH excluding ortho intramolecular Hbond substituents is 1. The predicted molar refractivity (Wildman–Crippen MR) is 121 cm³/mol. The number of nitrogens with one attached hydrogen (secondary N) is 2. The van der Waals surface area contributed by atoms with Gasteiger partial charge in [0.1, 0.15) is 17.6 Å². The molecule has 0 radical (unpaired) electrons. The number of benzene rings is 2. The summed E-state index contributed by atoms with van der Waals surface area (Å²) in [5, 5.41) is 17.1. The molecule has 2 aromatic carbocycles. The maximum atomic E-state index is 12.5. The molecule has 2 fully saturated rings. The van der Waals surface area contributed by atoms with Crippen molar-refractivity contribution in [3.63, 3.8) is 0 Å². The van der Waals surface area contributed by atoms with E-state index in [2.05, 4.69) is 15.5 Å². The van der Waals surface area contributed by atoms with Gasteiger partial charge in [-0.3, -0.25) is 9.59 Å². The number of hydrogen-bond donors (Lipinski definition) is 3. The Balaban J connectivity index is 1.44. The summed E-state index contributed by atoms with van der Waals surface area (Å²) < 4.78 is 0. The molecule has 3 aromatic rings. The number of phenols is 1. The van der Waals surface area contributed by atoms with Crippen LogP contribution in [0.1, 0.15) is 24.8 Å². The number of carbonyl (C=O) groups excluding carboxylic acids is 2. The van der Waals surface area contributed by atoms with E-state index in [1.807, 2.05) is 31.2 Å². The van der Waals surface area contributed by atoms with Crippen molar-refractivity contribution < 1.29 is 14.7 Å². The number of para-hydroxylation sites is 1. The first kappa shape index (κ1) is 20.2. The van der Waals surface area contributed by atoms with Crippen molar-refractivity contribution in [3.8, 4) is 17.1 Å². The van der Waals surface area contributed by atoms with Crippen molar-refractivity contribution in [1.29, 1.82) is 0 Å². The lowest BCUT2D eigenvalue weighted by atomic mass is 10.1. The molecule has 2 aliphatic heterocycles. The summed E-state index contributed by atoms with van der Waals surface area (Å²) in [5.74, 6) is 1.20. The van der Waals surface area contributed by atoms with Gasteiger partial charge in [-0.1, -0.05) is 18.2 Å². The fraction of sp³-hybridized carbons (Fsp3) is 0.333. The van der Waals surface area contributed by atoms with Crippen molar-refractivity contribution in [2.45, 2.75) is 38.3 Å². The van der Waals surface area contributed by atoms with Crippen LogP contribution in [-0.4, -0.2) is 52.1 Å². The van der Waals surface area contributed by atoms with Gasteiger partial charge in [0.05, 0.1) is 11.1 Å². The second kappa shape index (κ2) is 8.11. The second-order valence-electron chi connectivity index (χ2n) is 8.51. The molecule has 1 unspecified atom stereocenters. The van der Waals surface area contributed by atoms with Gasteiger partial charge in [-0.25, -0.2) is 9.97 Å². The number of carbonyl (C=O) groups is 2. The lowest BCUT2D eigenvalue weighted by Gasteiger charge is -2.21. The Kier molecular flexibility index (Phi) is 5.13. The van der Waals surface area contributed by atoms with Crippen LogP contribution in [0.2, 0.25) is 0 Å². The first-order valence-corrected chi connectivity index (χ1v) is 10.9. The maximum Gasteiger partial charge on any atom is 0.242 e. The molecular weight excluding hydrogens is 406 g/mol. The van der Waals surface area contributed by atoms with E-state index in [9.17, 15) is 14.7 Å². The Morgan fingerprint density at radius 2 is 2.03 bits per heavy atom. The Morgan fingerprint density at radius 1 is 1.19 bits per heavy atom. The molecule has 2 atom stereocenters. The zero-order valence-electron chi connectivity index (χ0n) is 17.8. The molecule has 32 heavy (non-hydrogen) atoms. The van der Waals surface area contributed by atoms with Gasteiger partial charge in [0.25, 0.3) is 0 Å². The summed E-state index contributed by atoms with van der Waals surface area (Å²) in [5.41, 5.74) is 2.49. The Morgan fingerprint density at radius 3 is 2.81 bits per heavy atom. The normalized spacial score (nSPS) is 20.5. The number of nitrogens with zero attached hydrogens (tertiary/aromatic N) is 3. The molecule has 1 aromatic heterocycles. The average Bonchev–Trinajstić information content (AvgIpc) is 3.42. The predicted octanol–water partition coefficient (Wildman–Crippen LogP) is 2.28. The monoisotopic (exact) mass is 431 g/mol. The molecule has 2 saturated heterocycles. The molecule has 3 N–H and O–H groups in total. The molecule has 0 spiro atoms. The van der Waals surface area contributed by atoms with E-state index < -0.39 is 6.04 Å². The van der Waals surface area contributed by atoms with Gasteiger partial charge >= 0.3 is 0 Å². The zero-order valence-corrected chi connectivity index (χ0v) is 17.8. The lowest BCUT2D eigenvalue weighted by molar-refractivity contribution is -0.126. The van der Waals surface area contributed by atoms with Gasteiger partial charge in [0.15, 0.2) is 5.82 Å². The Hall–Kier alpha value is -3.68. The summed E-state index contributed by atoms with van der Waals surface area (Å²) in [4.78, 5) is 35.6.